The van der Waals surface area contributed by atoms with E-state index in [1.165, 1.54) is 11.8 Å². The highest BCUT2D eigenvalue weighted by Crippen LogP contribution is 2.25. The van der Waals surface area contributed by atoms with Crippen molar-refractivity contribution in [3.8, 4) is 6.07 Å². The van der Waals surface area contributed by atoms with Gasteiger partial charge in [-0.05, 0) is 37.1 Å². The Morgan fingerprint density at radius 3 is 2.76 bits per heavy atom. The Morgan fingerprint density at radius 2 is 2.00 bits per heavy atom. The molecule has 1 fully saturated rings. The van der Waals surface area contributed by atoms with Gasteiger partial charge in [-0.1, -0.05) is 36.0 Å². The van der Waals surface area contributed by atoms with Crippen LogP contribution in [0.2, 0.25) is 0 Å². The third-order valence-corrected chi connectivity index (χ3v) is 6.59. The highest BCUT2D eigenvalue weighted by Gasteiger charge is 2.21. The lowest BCUT2D eigenvalue weighted by Gasteiger charge is -2.16. The third kappa shape index (κ3) is 4.23. The van der Waals surface area contributed by atoms with Crippen LogP contribution in [0, 0.1) is 11.3 Å². The maximum atomic E-state index is 13.2. The number of aromatic nitrogens is 4. The number of nitriles is 1. The molecular weight excluding hydrogens is 438 g/mol. The van der Waals surface area contributed by atoms with Crippen molar-refractivity contribution in [2.45, 2.75) is 30.6 Å². The zero-order valence-electron chi connectivity index (χ0n) is 17.7. The second-order valence-electron chi connectivity index (χ2n) is 7.79. The van der Waals surface area contributed by atoms with E-state index in [1.54, 1.807) is 16.7 Å². The molecule has 0 radical (unpaired) electrons. The third-order valence-electron chi connectivity index (χ3n) is 5.60. The number of H-pyrrole nitrogens is 1. The quantitative estimate of drug-likeness (QED) is 0.193. The fraction of sp³-hybridized carbons (Fsp3) is 0.250. The summed E-state index contributed by atoms with van der Waals surface area (Å²) in [4.78, 5) is 25.4. The molecule has 8 nitrogen and oxygen atoms in total. The molecule has 3 heterocycles. The number of nitrogens with one attached hydrogen (secondary N) is 1. The van der Waals surface area contributed by atoms with Gasteiger partial charge in [0.15, 0.2) is 11.0 Å². The van der Waals surface area contributed by atoms with E-state index in [4.69, 9.17) is 4.74 Å². The molecule has 0 saturated carbocycles. The van der Waals surface area contributed by atoms with E-state index in [0.29, 0.717) is 40.6 Å². The molecule has 0 bridgehead atoms. The van der Waals surface area contributed by atoms with Gasteiger partial charge in [-0.2, -0.15) is 5.26 Å². The van der Waals surface area contributed by atoms with Crippen LogP contribution in [-0.2, 0) is 11.3 Å². The van der Waals surface area contributed by atoms with Gasteiger partial charge < -0.3 is 14.8 Å². The second-order valence-corrected chi connectivity index (χ2v) is 8.73. The SMILES string of the molecule is N#CC(=C(O)CSc1nc2ccccc2c(=O)n1C[C@H]1CCCO1)c1nc2ccccc2[nH]1. The van der Waals surface area contributed by atoms with E-state index >= 15 is 0 Å². The van der Waals surface area contributed by atoms with E-state index < -0.39 is 0 Å². The number of hydrogen-bond acceptors (Lipinski definition) is 7. The van der Waals surface area contributed by atoms with Crippen LogP contribution >= 0.6 is 11.8 Å². The minimum Gasteiger partial charge on any atom is -0.510 e. The van der Waals surface area contributed by atoms with Gasteiger partial charge in [0.25, 0.3) is 5.56 Å². The van der Waals surface area contributed by atoms with Crippen molar-refractivity contribution in [3.63, 3.8) is 0 Å². The standard InChI is InChI=1S/C24H21N5O3S/c25-12-17(22-26-19-9-3-4-10-20(19)27-22)21(30)14-33-24-28-18-8-2-1-7-16(18)23(31)29(24)13-15-6-5-11-32-15/h1-4,7-10,15,30H,5-6,11,13-14H2,(H,26,27)/t15-/m1/s1. The molecule has 9 heteroatoms. The van der Waals surface area contributed by atoms with Crippen LogP contribution in [0.1, 0.15) is 18.7 Å². The number of aromatic amines is 1. The molecule has 4 aromatic rings. The number of aliphatic hydroxyl groups excluding tert-OH is 1. The van der Waals surface area contributed by atoms with Crippen molar-refractivity contribution in [2.24, 2.45) is 0 Å². The Kier molecular flexibility index (Phi) is 5.86. The molecule has 1 saturated heterocycles. The molecule has 1 aliphatic heterocycles. The molecule has 0 spiro atoms. The van der Waals surface area contributed by atoms with Gasteiger partial charge >= 0.3 is 0 Å². The average molecular weight is 460 g/mol. The number of nitrogens with zero attached hydrogens (tertiary/aromatic N) is 4. The second kappa shape index (κ2) is 9.10. The molecule has 166 valence electrons. The Balaban J connectivity index is 1.48. The maximum absolute atomic E-state index is 13.2. The summed E-state index contributed by atoms with van der Waals surface area (Å²) in [6, 6.07) is 16.7. The lowest BCUT2D eigenvalue weighted by atomic mass is 10.2. The van der Waals surface area contributed by atoms with Gasteiger partial charge in [-0.3, -0.25) is 9.36 Å². The smallest absolute Gasteiger partial charge is 0.262 e. The number of para-hydroxylation sites is 3. The van der Waals surface area contributed by atoms with E-state index in [2.05, 4.69) is 15.0 Å². The van der Waals surface area contributed by atoms with Gasteiger partial charge in [0.1, 0.15) is 17.4 Å². The van der Waals surface area contributed by atoms with Crippen LogP contribution in [0.25, 0.3) is 27.5 Å². The predicted octanol–water partition coefficient (Wildman–Crippen LogP) is 4.04. The normalized spacial score (nSPS) is 16.8. The number of thioether (sulfide) groups is 1. The first-order chi connectivity index (χ1) is 16.1. The number of hydrogen-bond donors (Lipinski definition) is 2. The lowest BCUT2D eigenvalue weighted by Crippen LogP contribution is -2.28. The summed E-state index contributed by atoms with van der Waals surface area (Å²) in [5, 5.41) is 21.4. The minimum absolute atomic E-state index is 0.0423. The fourth-order valence-electron chi connectivity index (χ4n) is 3.94. The molecule has 2 aromatic heterocycles. The molecule has 5 rings (SSSR count). The Hall–Kier alpha value is -3.61. The number of fused-ring (bicyclic) bond motifs is 2. The first kappa shape index (κ1) is 21.2. The van der Waals surface area contributed by atoms with Gasteiger partial charge in [0, 0.05) is 6.61 Å². The fourth-order valence-corrected chi connectivity index (χ4v) is 4.83. The maximum Gasteiger partial charge on any atom is 0.262 e. The summed E-state index contributed by atoms with van der Waals surface area (Å²) in [6.45, 7) is 1.09. The first-order valence-corrected chi connectivity index (χ1v) is 11.6. The summed E-state index contributed by atoms with van der Waals surface area (Å²) in [7, 11) is 0. The van der Waals surface area contributed by atoms with Gasteiger partial charge in [0.05, 0.1) is 40.3 Å². The van der Waals surface area contributed by atoms with E-state index in [0.717, 1.165) is 18.4 Å². The molecule has 0 unspecified atom stereocenters. The van der Waals surface area contributed by atoms with Crippen LogP contribution in [-0.4, -0.2) is 43.1 Å². The first-order valence-electron chi connectivity index (χ1n) is 10.7. The van der Waals surface area contributed by atoms with Crippen LogP contribution in [0.5, 0.6) is 0 Å². The topological polar surface area (TPSA) is 117 Å². The Bertz CT molecular complexity index is 1430. The van der Waals surface area contributed by atoms with Gasteiger partial charge in [-0.25, -0.2) is 9.97 Å². The van der Waals surface area contributed by atoms with Crippen molar-refractivity contribution >= 4 is 39.3 Å². The van der Waals surface area contributed by atoms with Crippen molar-refractivity contribution in [2.75, 3.05) is 12.4 Å². The largest absolute Gasteiger partial charge is 0.510 e. The molecular formula is C24H21N5O3S. The summed E-state index contributed by atoms with van der Waals surface area (Å²) in [6.07, 6.45) is 1.81. The number of rotatable bonds is 6. The zero-order valence-corrected chi connectivity index (χ0v) is 18.5. The highest BCUT2D eigenvalue weighted by molar-refractivity contribution is 7.99. The van der Waals surface area contributed by atoms with Crippen molar-refractivity contribution < 1.29 is 9.84 Å². The number of imidazole rings is 1. The average Bonchev–Trinajstić information content (AvgIpc) is 3.50. The van der Waals surface area contributed by atoms with Crippen LogP contribution in [0.4, 0.5) is 0 Å². The summed E-state index contributed by atoms with van der Waals surface area (Å²) in [5.74, 6) is 0.239. The van der Waals surface area contributed by atoms with Crippen molar-refractivity contribution in [3.05, 3.63) is 70.5 Å². The predicted molar refractivity (Wildman–Crippen MR) is 127 cm³/mol. The van der Waals surface area contributed by atoms with Crippen molar-refractivity contribution in [1.82, 2.24) is 19.5 Å². The number of benzene rings is 2. The minimum atomic E-state index is -0.139. The molecule has 2 N–H and O–H groups in total. The van der Waals surface area contributed by atoms with E-state index in [-0.39, 0.29) is 28.7 Å². The van der Waals surface area contributed by atoms with E-state index in [1.807, 2.05) is 42.5 Å². The molecule has 0 amide bonds. The lowest BCUT2D eigenvalue weighted by molar-refractivity contribution is 0.0937. The number of aliphatic hydroxyl groups is 1. The van der Waals surface area contributed by atoms with Gasteiger partial charge in [0.2, 0.25) is 0 Å². The van der Waals surface area contributed by atoms with Gasteiger partial charge in [-0.15, -0.1) is 0 Å². The van der Waals surface area contributed by atoms with Crippen LogP contribution < -0.4 is 5.56 Å². The molecule has 1 aliphatic rings. The Labute approximate surface area is 193 Å². The summed E-state index contributed by atoms with van der Waals surface area (Å²) >= 11 is 1.21. The van der Waals surface area contributed by atoms with Crippen LogP contribution in [0.15, 0.2) is 64.2 Å². The summed E-state index contributed by atoms with van der Waals surface area (Å²) < 4.78 is 7.35. The zero-order chi connectivity index (χ0) is 22.8. The van der Waals surface area contributed by atoms with Crippen molar-refractivity contribution in [1.29, 1.82) is 5.26 Å². The molecule has 33 heavy (non-hydrogen) atoms. The Morgan fingerprint density at radius 1 is 1.21 bits per heavy atom. The molecule has 1 atom stereocenters. The molecule has 2 aromatic carbocycles. The van der Waals surface area contributed by atoms with E-state index in [9.17, 15) is 15.2 Å². The number of ether oxygens (including phenoxy) is 1. The number of allylic oxidation sites excluding steroid dienone is 1. The summed E-state index contributed by atoms with van der Waals surface area (Å²) in [5.41, 5.74) is 2.01. The monoisotopic (exact) mass is 459 g/mol. The highest BCUT2D eigenvalue weighted by atomic mass is 32.2. The van der Waals surface area contributed by atoms with Crippen LogP contribution in [0.3, 0.4) is 0 Å². The molecule has 0 aliphatic carbocycles.